The van der Waals surface area contributed by atoms with Gasteiger partial charge in [-0.3, -0.25) is 4.79 Å². The fraction of sp³-hybridized carbons (Fsp3) is 0.409. The van der Waals surface area contributed by atoms with Crippen molar-refractivity contribution in [3.63, 3.8) is 0 Å². The van der Waals surface area contributed by atoms with Gasteiger partial charge in [0, 0.05) is 25.3 Å². The van der Waals surface area contributed by atoms with E-state index in [0.717, 1.165) is 36.4 Å². The van der Waals surface area contributed by atoms with Gasteiger partial charge in [-0.1, -0.05) is 23.8 Å². The van der Waals surface area contributed by atoms with Crippen molar-refractivity contribution in [1.29, 1.82) is 0 Å². The summed E-state index contributed by atoms with van der Waals surface area (Å²) in [5, 5.41) is 6.23. The first-order valence-corrected chi connectivity index (χ1v) is 9.58. The third-order valence-corrected chi connectivity index (χ3v) is 4.07. The molecule has 6 heteroatoms. The quantitative estimate of drug-likeness (QED) is 0.582. The molecule has 0 aliphatic heterocycles. The van der Waals surface area contributed by atoms with Gasteiger partial charge in [-0.2, -0.15) is 0 Å². The zero-order valence-corrected chi connectivity index (χ0v) is 17.2. The van der Waals surface area contributed by atoms with Gasteiger partial charge >= 0.3 is 0 Å². The predicted molar refractivity (Wildman–Crippen MR) is 113 cm³/mol. The van der Waals surface area contributed by atoms with Crippen LogP contribution in [0.3, 0.4) is 0 Å². The summed E-state index contributed by atoms with van der Waals surface area (Å²) < 4.78 is 11.4. The summed E-state index contributed by atoms with van der Waals surface area (Å²) in [5.74, 6) is 1.01. The fourth-order valence-electron chi connectivity index (χ4n) is 2.56. The fourth-order valence-corrected chi connectivity index (χ4v) is 2.56. The van der Waals surface area contributed by atoms with Crippen molar-refractivity contribution in [2.45, 2.75) is 20.4 Å². The molecule has 1 amide bonds. The molecule has 0 aliphatic rings. The van der Waals surface area contributed by atoms with E-state index in [1.54, 1.807) is 0 Å². The van der Waals surface area contributed by atoms with E-state index in [1.807, 2.05) is 56.3 Å². The highest BCUT2D eigenvalue weighted by molar-refractivity contribution is 5.91. The van der Waals surface area contributed by atoms with Gasteiger partial charge in [0.25, 0.3) is 5.91 Å². The molecular weight excluding hydrogens is 354 g/mol. The number of anilines is 1. The molecule has 152 valence electrons. The van der Waals surface area contributed by atoms with Gasteiger partial charge in [0.05, 0.1) is 6.61 Å². The average Bonchev–Trinajstić information content (AvgIpc) is 2.66. The third-order valence-electron chi connectivity index (χ3n) is 4.07. The van der Waals surface area contributed by atoms with Crippen LogP contribution in [0, 0.1) is 6.92 Å². The van der Waals surface area contributed by atoms with Crippen LogP contribution in [0.2, 0.25) is 0 Å². The minimum atomic E-state index is -0.208. The van der Waals surface area contributed by atoms with E-state index in [9.17, 15) is 4.79 Å². The van der Waals surface area contributed by atoms with Crippen molar-refractivity contribution in [2.24, 2.45) is 0 Å². The van der Waals surface area contributed by atoms with Crippen LogP contribution >= 0.6 is 0 Å². The first-order valence-electron chi connectivity index (χ1n) is 9.58. The summed E-state index contributed by atoms with van der Waals surface area (Å²) in [7, 11) is 4.10. The lowest BCUT2D eigenvalue weighted by Gasteiger charge is -2.14. The second-order valence-corrected chi connectivity index (χ2v) is 6.90. The lowest BCUT2D eigenvalue weighted by atomic mass is 10.2. The van der Waals surface area contributed by atoms with E-state index >= 15 is 0 Å². The Morgan fingerprint density at radius 2 is 1.79 bits per heavy atom. The summed E-state index contributed by atoms with van der Waals surface area (Å²) in [4.78, 5) is 14.3. The van der Waals surface area contributed by atoms with Crippen molar-refractivity contribution in [2.75, 3.05) is 45.7 Å². The Balaban J connectivity index is 1.90. The van der Waals surface area contributed by atoms with Crippen LogP contribution in [0.15, 0.2) is 42.5 Å². The maximum absolute atomic E-state index is 12.1. The summed E-state index contributed by atoms with van der Waals surface area (Å²) in [6.07, 6.45) is 0. The Labute approximate surface area is 167 Å². The first-order chi connectivity index (χ1) is 13.5. The second kappa shape index (κ2) is 11.3. The lowest BCUT2D eigenvalue weighted by molar-refractivity contribution is -0.118. The van der Waals surface area contributed by atoms with Gasteiger partial charge in [-0.25, -0.2) is 0 Å². The van der Waals surface area contributed by atoms with E-state index in [0.29, 0.717) is 18.1 Å². The molecule has 0 spiro atoms. The Bertz CT molecular complexity index is 745. The van der Waals surface area contributed by atoms with Gasteiger partial charge in [0.1, 0.15) is 0 Å². The molecule has 0 unspecified atom stereocenters. The minimum Gasteiger partial charge on any atom is -0.490 e. The van der Waals surface area contributed by atoms with Crippen LogP contribution < -0.4 is 20.1 Å². The molecular formula is C22H31N3O3. The van der Waals surface area contributed by atoms with Crippen LogP contribution in [0.4, 0.5) is 5.69 Å². The number of carbonyl (C=O) groups is 1. The molecule has 2 rings (SSSR count). The topological polar surface area (TPSA) is 62.8 Å². The molecule has 0 bridgehead atoms. The molecule has 28 heavy (non-hydrogen) atoms. The maximum atomic E-state index is 12.1. The molecule has 0 radical (unpaired) electrons. The zero-order chi connectivity index (χ0) is 20.4. The minimum absolute atomic E-state index is 0.0750. The SMILES string of the molecule is CCOc1cc(CNCCN(C)C)ccc1OCC(=O)Nc1ccc(C)cc1. The highest BCUT2D eigenvalue weighted by Gasteiger charge is 2.10. The van der Waals surface area contributed by atoms with Crippen LogP contribution in [0.1, 0.15) is 18.1 Å². The number of ether oxygens (including phenoxy) is 2. The Morgan fingerprint density at radius 1 is 1.04 bits per heavy atom. The molecule has 0 aromatic heterocycles. The third kappa shape index (κ3) is 7.58. The van der Waals surface area contributed by atoms with Crippen LogP contribution in [-0.4, -0.2) is 51.2 Å². The molecule has 0 heterocycles. The molecule has 2 aromatic rings. The molecule has 0 saturated heterocycles. The smallest absolute Gasteiger partial charge is 0.262 e. The Kier molecular flexibility index (Phi) is 8.78. The number of nitrogens with one attached hydrogen (secondary N) is 2. The Hall–Kier alpha value is -2.57. The van der Waals surface area contributed by atoms with E-state index in [2.05, 4.69) is 29.6 Å². The first kappa shape index (κ1) is 21.7. The van der Waals surface area contributed by atoms with Crippen molar-refractivity contribution in [3.8, 4) is 11.5 Å². The highest BCUT2D eigenvalue weighted by Crippen LogP contribution is 2.28. The van der Waals surface area contributed by atoms with Gasteiger partial charge in [-0.15, -0.1) is 0 Å². The molecule has 0 fully saturated rings. The van der Waals surface area contributed by atoms with E-state index in [4.69, 9.17) is 9.47 Å². The molecule has 0 atom stereocenters. The number of likely N-dealkylation sites (N-methyl/N-ethyl adjacent to an activating group) is 1. The number of nitrogens with zero attached hydrogens (tertiary/aromatic N) is 1. The van der Waals surface area contributed by atoms with Gasteiger partial charge in [0.2, 0.25) is 0 Å². The summed E-state index contributed by atoms with van der Waals surface area (Å²) in [5.41, 5.74) is 3.01. The average molecular weight is 386 g/mol. The number of hydrogen-bond donors (Lipinski definition) is 2. The van der Waals surface area contributed by atoms with Crippen molar-refractivity contribution in [3.05, 3.63) is 53.6 Å². The van der Waals surface area contributed by atoms with Gasteiger partial charge in [-0.05, 0) is 57.8 Å². The zero-order valence-electron chi connectivity index (χ0n) is 17.2. The summed E-state index contributed by atoms with van der Waals surface area (Å²) in [6, 6.07) is 13.4. The van der Waals surface area contributed by atoms with E-state index < -0.39 is 0 Å². The van der Waals surface area contributed by atoms with Crippen molar-refractivity contribution < 1.29 is 14.3 Å². The molecule has 0 aliphatic carbocycles. The van der Waals surface area contributed by atoms with Crippen LogP contribution in [0.5, 0.6) is 11.5 Å². The molecule has 2 N–H and O–H groups in total. The number of hydrogen-bond acceptors (Lipinski definition) is 5. The summed E-state index contributed by atoms with van der Waals surface area (Å²) >= 11 is 0. The second-order valence-electron chi connectivity index (χ2n) is 6.90. The largest absolute Gasteiger partial charge is 0.490 e. The number of amides is 1. The highest BCUT2D eigenvalue weighted by atomic mass is 16.5. The Morgan fingerprint density at radius 3 is 2.46 bits per heavy atom. The molecule has 0 saturated carbocycles. The summed E-state index contributed by atoms with van der Waals surface area (Å²) in [6.45, 7) is 7.03. The normalized spacial score (nSPS) is 10.8. The molecule has 6 nitrogen and oxygen atoms in total. The standard InChI is InChI=1S/C22H31N3O3/c1-5-27-21-14-18(15-23-12-13-25(3)4)8-11-20(21)28-16-22(26)24-19-9-6-17(2)7-10-19/h6-11,14,23H,5,12-13,15-16H2,1-4H3,(H,24,26). The number of carbonyl (C=O) groups excluding carboxylic acids is 1. The number of aryl methyl sites for hydroxylation is 1. The van der Waals surface area contributed by atoms with Crippen LogP contribution in [0.25, 0.3) is 0 Å². The van der Waals surface area contributed by atoms with Crippen LogP contribution in [-0.2, 0) is 11.3 Å². The molecule has 2 aromatic carbocycles. The van der Waals surface area contributed by atoms with E-state index in [-0.39, 0.29) is 12.5 Å². The van der Waals surface area contributed by atoms with Crippen molar-refractivity contribution >= 4 is 11.6 Å². The van der Waals surface area contributed by atoms with Gasteiger partial charge < -0.3 is 25.0 Å². The van der Waals surface area contributed by atoms with Crippen molar-refractivity contribution in [1.82, 2.24) is 10.2 Å². The lowest BCUT2D eigenvalue weighted by Crippen LogP contribution is -2.26. The predicted octanol–water partition coefficient (Wildman–Crippen LogP) is 3.06. The number of rotatable bonds is 11. The van der Waals surface area contributed by atoms with Gasteiger partial charge in [0.15, 0.2) is 18.1 Å². The monoisotopic (exact) mass is 385 g/mol. The van der Waals surface area contributed by atoms with E-state index in [1.165, 1.54) is 0 Å². The maximum Gasteiger partial charge on any atom is 0.262 e. The number of benzene rings is 2.